The van der Waals surface area contributed by atoms with E-state index >= 15 is 0 Å². The fourth-order valence-electron chi connectivity index (χ4n) is 9.04. The number of unbranched alkanes of at least 4 members (excludes halogenated alkanes) is 15. The Labute approximate surface area is 379 Å². The van der Waals surface area contributed by atoms with Gasteiger partial charge in [0.25, 0.3) is 0 Å². The Balaban J connectivity index is 1.69. The molecule has 2 aliphatic carbocycles. The van der Waals surface area contributed by atoms with E-state index < -0.39 is 30.1 Å². The number of ether oxygens (including phenoxy) is 4. The van der Waals surface area contributed by atoms with Crippen molar-refractivity contribution in [2.75, 3.05) is 43.6 Å². The quantitative estimate of drug-likeness (QED) is 0.0111. The Kier molecular flexibility index (Phi) is 19.3. The zero-order valence-corrected chi connectivity index (χ0v) is 38.5. The van der Waals surface area contributed by atoms with Crippen LogP contribution >= 0.6 is 0 Å². The summed E-state index contributed by atoms with van der Waals surface area (Å²) in [6, 6.07) is 4.60. The first-order valence-electron chi connectivity index (χ1n) is 23.9. The number of esters is 3. The lowest BCUT2D eigenvalue weighted by molar-refractivity contribution is -0.136. The maximum absolute atomic E-state index is 14.2. The number of nitrogens with one attached hydrogen (secondary N) is 1. The van der Waals surface area contributed by atoms with E-state index in [0.717, 1.165) is 96.3 Å². The van der Waals surface area contributed by atoms with Crippen LogP contribution in [0.3, 0.4) is 0 Å². The lowest BCUT2D eigenvalue weighted by Crippen LogP contribution is -2.29. The van der Waals surface area contributed by atoms with Crippen LogP contribution in [0.5, 0.6) is 0 Å². The molecule has 0 fully saturated rings. The topological polar surface area (TPSA) is 210 Å². The van der Waals surface area contributed by atoms with Gasteiger partial charge in [0.1, 0.15) is 0 Å². The third-order valence-electron chi connectivity index (χ3n) is 12.3. The van der Waals surface area contributed by atoms with Gasteiger partial charge in [0.15, 0.2) is 6.29 Å². The van der Waals surface area contributed by atoms with Crippen molar-refractivity contribution < 1.29 is 38.4 Å². The highest BCUT2D eigenvalue weighted by molar-refractivity contribution is 6.31. The molecule has 2 aliphatic rings. The molecule has 0 radical (unpaired) electrons. The minimum atomic E-state index is -1.49. The van der Waals surface area contributed by atoms with Crippen molar-refractivity contribution in [3.05, 3.63) is 70.3 Å². The molecule has 12 nitrogen and oxygen atoms in total. The largest absolute Gasteiger partial charge is 0.462 e. The highest BCUT2D eigenvalue weighted by Gasteiger charge is 2.43. The number of aliphatic hydroxyl groups is 1. The molecule has 5 rings (SSSR count). The van der Waals surface area contributed by atoms with E-state index in [2.05, 4.69) is 27.4 Å². The lowest BCUT2D eigenvalue weighted by Gasteiger charge is -2.37. The molecule has 0 bridgehead atoms. The second-order valence-corrected chi connectivity index (χ2v) is 17.2. The third kappa shape index (κ3) is 11.7. The summed E-state index contributed by atoms with van der Waals surface area (Å²) in [5.74, 6) is -2.93. The number of allylic oxidation sites excluding steroid dienone is 2. The van der Waals surface area contributed by atoms with Crippen molar-refractivity contribution in [1.82, 2.24) is 0 Å². The summed E-state index contributed by atoms with van der Waals surface area (Å²) in [6.07, 6.45) is 19.5. The van der Waals surface area contributed by atoms with E-state index in [9.17, 15) is 24.9 Å². The number of aliphatic hydroxyl groups excluding tert-OH is 1. The van der Waals surface area contributed by atoms with E-state index in [-0.39, 0.29) is 77.0 Å². The number of benzene rings is 3. The molecule has 2 atom stereocenters. The number of rotatable bonds is 29. The summed E-state index contributed by atoms with van der Waals surface area (Å²) in [5, 5.41) is 22.1. The molecule has 0 spiro atoms. The monoisotopic (exact) mass is 881 g/mol. The molecule has 3 aromatic carbocycles. The molecule has 8 N–H and O–H groups in total. The van der Waals surface area contributed by atoms with Crippen LogP contribution in [0.15, 0.2) is 36.9 Å². The summed E-state index contributed by atoms with van der Waals surface area (Å²) < 4.78 is 23.6. The first-order chi connectivity index (χ1) is 31.0. The molecule has 64 heavy (non-hydrogen) atoms. The molecule has 0 aromatic heterocycles. The van der Waals surface area contributed by atoms with Gasteiger partial charge in [-0.05, 0) is 79.3 Å². The van der Waals surface area contributed by atoms with Crippen molar-refractivity contribution in [1.29, 1.82) is 5.41 Å². The molecular weight excluding hydrogens is 809 g/mol. The minimum Gasteiger partial charge on any atom is -0.462 e. The van der Waals surface area contributed by atoms with Crippen molar-refractivity contribution in [3.8, 4) is 11.1 Å². The van der Waals surface area contributed by atoms with Gasteiger partial charge in [-0.25, -0.2) is 14.4 Å². The number of hydrogen-bond donors (Lipinski definition) is 5. The predicted molar refractivity (Wildman–Crippen MR) is 258 cm³/mol. The highest BCUT2D eigenvalue weighted by atomic mass is 16.6. The number of fused-ring (bicyclic) bond motifs is 2. The van der Waals surface area contributed by atoms with Crippen LogP contribution in [0.1, 0.15) is 198 Å². The molecule has 0 saturated heterocycles. The third-order valence-corrected chi connectivity index (χ3v) is 12.3. The smallest absolute Gasteiger partial charge is 0.338 e. The lowest BCUT2D eigenvalue weighted by atomic mass is 9.66. The summed E-state index contributed by atoms with van der Waals surface area (Å²) >= 11 is 0. The number of anilines is 3. The first kappa shape index (κ1) is 49.8. The Hall–Kier alpha value is -5.20. The van der Waals surface area contributed by atoms with Crippen LogP contribution in [-0.4, -0.2) is 55.2 Å². The Morgan fingerprint density at radius 3 is 1.70 bits per heavy atom. The van der Waals surface area contributed by atoms with Gasteiger partial charge in [0.05, 0.1) is 49.0 Å². The van der Waals surface area contributed by atoms with E-state index in [1.807, 2.05) is 6.08 Å². The molecular formula is C52H72N4O8. The maximum Gasteiger partial charge on any atom is 0.338 e. The number of carbonyl (C=O) groups is 3. The van der Waals surface area contributed by atoms with Crippen LogP contribution in [0.25, 0.3) is 27.5 Å². The molecule has 348 valence electrons. The number of carbonyl (C=O) groups excluding carboxylic acids is 3. The van der Waals surface area contributed by atoms with Crippen molar-refractivity contribution in [3.63, 3.8) is 0 Å². The van der Waals surface area contributed by atoms with Gasteiger partial charge in [-0.1, -0.05) is 110 Å². The van der Waals surface area contributed by atoms with Crippen LogP contribution in [0.4, 0.5) is 17.1 Å². The SMILES string of the molecule is C=CCCCCCOC(O)c1cc(N)c2c3c(c(N)cc(C(=O)OCCCCCCC)c13)-c1c(N)cc(C(=O)OCCCCCCC)c3c1C2C(=N)C=C3C(=O)OCCCCCCC. The number of hydrogen-bond acceptors (Lipinski definition) is 12. The van der Waals surface area contributed by atoms with Crippen LogP contribution in [0, 0.1) is 5.41 Å². The van der Waals surface area contributed by atoms with Gasteiger partial charge in [-0.2, -0.15) is 0 Å². The zero-order chi connectivity index (χ0) is 46.2. The standard InChI is InChI=1S/C52H72N4O8/c1-5-9-13-17-21-25-61-49(57)33-29-37(53)43-45-39(55)31-35(51(59)63-27-23-19-15-11-7-3)42-36(52(60)64-28-24-20-16-12-8-4)32-40(56)46(48(42)45)44-38(54)30-34(41(33)47(43)44)50(58)62-26-22-18-14-10-6-2/h5,29-32,45,49,55,57H,1,6-28,53-54,56H2,2-4H3. The second kappa shape index (κ2) is 24.8. The Morgan fingerprint density at radius 1 is 0.625 bits per heavy atom. The van der Waals surface area contributed by atoms with E-state index in [1.165, 1.54) is 18.2 Å². The molecule has 0 saturated carbocycles. The Morgan fingerprint density at radius 2 is 1.12 bits per heavy atom. The fourth-order valence-corrected chi connectivity index (χ4v) is 9.04. The van der Waals surface area contributed by atoms with Gasteiger partial charge < -0.3 is 46.7 Å². The van der Waals surface area contributed by atoms with E-state index in [1.54, 1.807) is 6.07 Å². The summed E-state index contributed by atoms with van der Waals surface area (Å²) in [4.78, 5) is 42.5. The van der Waals surface area contributed by atoms with Gasteiger partial charge >= 0.3 is 17.9 Å². The summed E-state index contributed by atoms with van der Waals surface area (Å²) in [5.41, 5.74) is 23.8. The first-order valence-corrected chi connectivity index (χ1v) is 23.9. The van der Waals surface area contributed by atoms with Gasteiger partial charge in [0.2, 0.25) is 0 Å². The average molecular weight is 881 g/mol. The van der Waals surface area contributed by atoms with Crippen molar-refractivity contribution >= 4 is 57.0 Å². The Bertz CT molecular complexity index is 2180. The van der Waals surface area contributed by atoms with Gasteiger partial charge in [-0.3, -0.25) is 0 Å². The minimum absolute atomic E-state index is 0.00848. The fraction of sp³-hybridized carbons (Fsp3) is 0.538. The summed E-state index contributed by atoms with van der Waals surface area (Å²) in [6.45, 7) is 11.0. The van der Waals surface area contributed by atoms with Crippen molar-refractivity contribution in [2.45, 2.75) is 155 Å². The zero-order valence-electron chi connectivity index (χ0n) is 38.5. The maximum atomic E-state index is 14.2. The van der Waals surface area contributed by atoms with Gasteiger partial charge in [0, 0.05) is 50.4 Å². The van der Waals surface area contributed by atoms with Crippen LogP contribution < -0.4 is 17.2 Å². The van der Waals surface area contributed by atoms with Crippen LogP contribution in [-0.2, 0) is 23.7 Å². The van der Waals surface area contributed by atoms with E-state index in [4.69, 9.17) is 36.1 Å². The summed E-state index contributed by atoms with van der Waals surface area (Å²) in [7, 11) is 0. The molecule has 0 heterocycles. The molecule has 3 aromatic rings. The van der Waals surface area contributed by atoms with E-state index in [0.29, 0.717) is 58.7 Å². The normalized spacial score (nSPS) is 14.2. The van der Waals surface area contributed by atoms with Crippen LogP contribution in [0.2, 0.25) is 0 Å². The van der Waals surface area contributed by atoms with Gasteiger partial charge in [-0.15, -0.1) is 6.58 Å². The van der Waals surface area contributed by atoms with Crippen molar-refractivity contribution in [2.24, 2.45) is 0 Å². The predicted octanol–water partition coefficient (Wildman–Crippen LogP) is 11.6. The molecule has 2 unspecified atom stereocenters. The molecule has 0 amide bonds. The molecule has 0 aliphatic heterocycles. The highest BCUT2D eigenvalue weighted by Crippen LogP contribution is 2.58. The number of nitrogen functional groups attached to an aromatic ring is 3. The molecule has 12 heteroatoms. The average Bonchev–Trinajstić information content (AvgIpc) is 3.28. The second-order valence-electron chi connectivity index (χ2n) is 17.2. The number of nitrogens with two attached hydrogens (primary N) is 3.